The van der Waals surface area contributed by atoms with Gasteiger partial charge in [-0.05, 0) is 67.6 Å². The van der Waals surface area contributed by atoms with Crippen molar-refractivity contribution in [3.63, 3.8) is 0 Å². The maximum absolute atomic E-state index is 12.6. The zero-order chi connectivity index (χ0) is 20.1. The van der Waals surface area contributed by atoms with Crippen LogP contribution in [0.4, 0.5) is 11.4 Å². The summed E-state index contributed by atoms with van der Waals surface area (Å²) in [5.41, 5.74) is 3.10. The minimum Gasteiger partial charge on any atom is -0.376 e. The Morgan fingerprint density at radius 1 is 1.07 bits per heavy atom. The van der Waals surface area contributed by atoms with Gasteiger partial charge in [0.2, 0.25) is 5.91 Å². The average Bonchev–Trinajstić information content (AvgIpc) is 2.69. The van der Waals surface area contributed by atoms with E-state index in [1.165, 1.54) is 0 Å². The van der Waals surface area contributed by atoms with Gasteiger partial charge in [-0.25, -0.2) is 0 Å². The molecule has 1 saturated heterocycles. The summed E-state index contributed by atoms with van der Waals surface area (Å²) in [4.78, 5) is 26.6. The summed E-state index contributed by atoms with van der Waals surface area (Å²) < 4.78 is 0. The van der Waals surface area contributed by atoms with Crippen molar-refractivity contribution in [2.75, 3.05) is 30.3 Å². The predicted molar refractivity (Wildman–Crippen MR) is 114 cm³/mol. The van der Waals surface area contributed by atoms with E-state index in [9.17, 15) is 9.59 Å². The zero-order valence-electron chi connectivity index (χ0n) is 16.3. The van der Waals surface area contributed by atoms with Gasteiger partial charge in [0.05, 0.1) is 6.54 Å². The second kappa shape index (κ2) is 9.11. The lowest BCUT2D eigenvalue weighted by molar-refractivity contribution is -0.114. The minimum absolute atomic E-state index is 0.0580. The van der Waals surface area contributed by atoms with Crippen LogP contribution in [-0.4, -0.2) is 36.3 Å². The summed E-state index contributed by atoms with van der Waals surface area (Å²) in [7, 11) is 0. The van der Waals surface area contributed by atoms with E-state index in [4.69, 9.17) is 11.6 Å². The molecule has 2 aromatic rings. The largest absolute Gasteiger partial charge is 0.376 e. The van der Waals surface area contributed by atoms with E-state index in [0.29, 0.717) is 22.2 Å². The number of nitrogens with one attached hydrogen (secondary N) is 2. The van der Waals surface area contributed by atoms with Crippen LogP contribution in [0.1, 0.15) is 35.7 Å². The second-order valence-corrected chi connectivity index (χ2v) is 7.82. The number of piperidine rings is 1. The fourth-order valence-electron chi connectivity index (χ4n) is 3.18. The highest BCUT2D eigenvalue weighted by Gasteiger charge is 2.21. The molecule has 0 unspecified atom stereocenters. The molecule has 0 aliphatic carbocycles. The second-order valence-electron chi connectivity index (χ2n) is 7.42. The van der Waals surface area contributed by atoms with Gasteiger partial charge in [0.15, 0.2) is 0 Å². The van der Waals surface area contributed by atoms with Crippen molar-refractivity contribution in [3.05, 3.63) is 58.6 Å². The van der Waals surface area contributed by atoms with Crippen LogP contribution in [0.3, 0.4) is 0 Å². The highest BCUT2D eigenvalue weighted by Crippen LogP contribution is 2.20. The molecule has 0 radical (unpaired) electrons. The van der Waals surface area contributed by atoms with E-state index in [1.807, 2.05) is 24.0 Å². The Morgan fingerprint density at radius 3 is 2.36 bits per heavy atom. The van der Waals surface area contributed by atoms with Crippen LogP contribution in [0, 0.1) is 12.8 Å². The number of likely N-dealkylation sites (tertiary alicyclic amines) is 1. The van der Waals surface area contributed by atoms with Crippen molar-refractivity contribution in [2.24, 2.45) is 5.92 Å². The lowest BCUT2D eigenvalue weighted by Crippen LogP contribution is -2.37. The van der Waals surface area contributed by atoms with Crippen LogP contribution in [-0.2, 0) is 4.79 Å². The number of aryl methyl sites for hydroxylation is 1. The molecular formula is C22H26ClN3O2. The number of benzene rings is 2. The van der Waals surface area contributed by atoms with Crippen molar-refractivity contribution in [2.45, 2.75) is 26.7 Å². The molecule has 0 saturated carbocycles. The number of amides is 2. The molecule has 0 aromatic heterocycles. The van der Waals surface area contributed by atoms with Crippen LogP contribution < -0.4 is 10.6 Å². The topological polar surface area (TPSA) is 61.4 Å². The number of carbonyl (C=O) groups excluding carboxylic acids is 2. The van der Waals surface area contributed by atoms with E-state index < -0.39 is 0 Å². The number of halogens is 1. The Balaban J connectivity index is 1.51. The van der Waals surface area contributed by atoms with Gasteiger partial charge < -0.3 is 15.5 Å². The molecule has 6 heteroatoms. The summed E-state index contributed by atoms with van der Waals surface area (Å²) in [5.74, 6) is 0.578. The minimum atomic E-state index is -0.166. The fourth-order valence-corrected chi connectivity index (χ4v) is 3.36. The highest BCUT2D eigenvalue weighted by atomic mass is 35.5. The molecule has 0 atom stereocenters. The molecule has 0 bridgehead atoms. The number of nitrogens with zero attached hydrogens (tertiary/aromatic N) is 1. The summed E-state index contributed by atoms with van der Waals surface area (Å²) in [6, 6.07) is 12.6. The van der Waals surface area contributed by atoms with Crippen molar-refractivity contribution >= 4 is 34.8 Å². The van der Waals surface area contributed by atoms with Crippen molar-refractivity contribution < 1.29 is 9.59 Å². The van der Waals surface area contributed by atoms with Crippen LogP contribution in [0.2, 0.25) is 5.02 Å². The Hall–Kier alpha value is -2.53. The number of rotatable bonds is 5. The van der Waals surface area contributed by atoms with Crippen molar-refractivity contribution in [1.29, 1.82) is 0 Å². The van der Waals surface area contributed by atoms with Gasteiger partial charge in [-0.2, -0.15) is 0 Å². The van der Waals surface area contributed by atoms with Gasteiger partial charge in [-0.3, -0.25) is 9.59 Å². The van der Waals surface area contributed by atoms with E-state index in [-0.39, 0.29) is 18.4 Å². The van der Waals surface area contributed by atoms with Crippen LogP contribution in [0.5, 0.6) is 0 Å². The standard InChI is InChI=1S/C22H26ClN3O2/c1-15-9-11-26(12-10-15)22(28)17-4-7-18(8-5-17)25-21(27)14-24-19-6-3-16(2)20(23)13-19/h3-8,13,15,24H,9-12,14H2,1-2H3,(H,25,27). The Bertz CT molecular complexity index is 843. The summed E-state index contributed by atoms with van der Waals surface area (Å²) in [6.45, 7) is 5.91. The number of carbonyl (C=O) groups is 2. The first kappa shape index (κ1) is 20.2. The van der Waals surface area contributed by atoms with Gasteiger partial charge in [0.1, 0.15) is 0 Å². The first-order valence-corrected chi connectivity index (χ1v) is 9.99. The SMILES string of the molecule is Cc1ccc(NCC(=O)Nc2ccc(C(=O)N3CCC(C)CC3)cc2)cc1Cl. The Labute approximate surface area is 171 Å². The number of hydrogen-bond acceptors (Lipinski definition) is 3. The third-order valence-corrected chi connectivity index (χ3v) is 5.52. The summed E-state index contributed by atoms with van der Waals surface area (Å²) in [6.07, 6.45) is 2.11. The van der Waals surface area contributed by atoms with E-state index in [2.05, 4.69) is 17.6 Å². The molecular weight excluding hydrogens is 374 g/mol. The molecule has 1 aliphatic rings. The first-order chi connectivity index (χ1) is 13.4. The quantitative estimate of drug-likeness (QED) is 0.774. The molecule has 0 spiro atoms. The molecule has 28 heavy (non-hydrogen) atoms. The van der Waals surface area contributed by atoms with Crippen LogP contribution >= 0.6 is 11.6 Å². The molecule has 2 N–H and O–H groups in total. The molecule has 1 heterocycles. The normalized spacial score (nSPS) is 14.6. The lowest BCUT2D eigenvalue weighted by atomic mass is 9.98. The molecule has 148 valence electrons. The monoisotopic (exact) mass is 399 g/mol. The van der Waals surface area contributed by atoms with Gasteiger partial charge >= 0.3 is 0 Å². The third kappa shape index (κ3) is 5.26. The molecule has 2 amide bonds. The molecule has 1 aliphatic heterocycles. The Kier molecular flexibility index (Phi) is 6.57. The average molecular weight is 400 g/mol. The molecule has 1 fully saturated rings. The van der Waals surface area contributed by atoms with Crippen LogP contribution in [0.15, 0.2) is 42.5 Å². The first-order valence-electron chi connectivity index (χ1n) is 9.61. The van der Waals surface area contributed by atoms with Gasteiger partial charge in [-0.1, -0.05) is 24.6 Å². The van der Waals surface area contributed by atoms with Gasteiger partial charge in [-0.15, -0.1) is 0 Å². The zero-order valence-corrected chi connectivity index (χ0v) is 17.1. The van der Waals surface area contributed by atoms with Gasteiger partial charge in [0.25, 0.3) is 5.91 Å². The smallest absolute Gasteiger partial charge is 0.253 e. The molecule has 2 aromatic carbocycles. The van der Waals surface area contributed by atoms with E-state index >= 15 is 0 Å². The molecule has 5 nitrogen and oxygen atoms in total. The number of anilines is 2. The highest BCUT2D eigenvalue weighted by molar-refractivity contribution is 6.31. The maximum atomic E-state index is 12.6. The summed E-state index contributed by atoms with van der Waals surface area (Å²) in [5, 5.41) is 6.54. The lowest BCUT2D eigenvalue weighted by Gasteiger charge is -2.30. The number of hydrogen-bond donors (Lipinski definition) is 2. The van der Waals surface area contributed by atoms with E-state index in [1.54, 1.807) is 30.3 Å². The summed E-state index contributed by atoms with van der Waals surface area (Å²) >= 11 is 6.09. The fraction of sp³-hybridized carbons (Fsp3) is 0.364. The molecule has 3 rings (SSSR count). The van der Waals surface area contributed by atoms with E-state index in [0.717, 1.165) is 37.2 Å². The van der Waals surface area contributed by atoms with Crippen molar-refractivity contribution in [1.82, 2.24) is 4.90 Å². The predicted octanol–water partition coefficient (Wildman–Crippen LogP) is 4.57. The van der Waals surface area contributed by atoms with Gasteiger partial charge in [0, 0.05) is 35.1 Å². The third-order valence-electron chi connectivity index (χ3n) is 5.11. The van der Waals surface area contributed by atoms with Crippen molar-refractivity contribution in [3.8, 4) is 0 Å². The Morgan fingerprint density at radius 2 is 1.71 bits per heavy atom. The van der Waals surface area contributed by atoms with Crippen LogP contribution in [0.25, 0.3) is 0 Å². The maximum Gasteiger partial charge on any atom is 0.253 e.